The topological polar surface area (TPSA) is 125 Å². The minimum Gasteiger partial charge on any atom is -0.266 e. The summed E-state index contributed by atoms with van der Waals surface area (Å²) in [6.07, 6.45) is 5.41. The van der Waals surface area contributed by atoms with Gasteiger partial charge in [-0.2, -0.15) is 46.4 Å². The summed E-state index contributed by atoms with van der Waals surface area (Å²) < 4.78 is 30.8. The van der Waals surface area contributed by atoms with Gasteiger partial charge in [-0.05, 0) is 18.8 Å². The molecule has 0 spiro atoms. The maximum atomic E-state index is 12.7. The number of hydrogen-bond acceptors (Lipinski definition) is 12. The van der Waals surface area contributed by atoms with Crippen molar-refractivity contribution in [2.75, 3.05) is 48.8 Å². The number of hydrogen-bond donors (Lipinski definition) is 1. The molecule has 15 heteroatoms. The van der Waals surface area contributed by atoms with Crippen molar-refractivity contribution >= 4 is 79.7 Å². The van der Waals surface area contributed by atoms with E-state index in [0.29, 0.717) is 30.4 Å². The van der Waals surface area contributed by atoms with Crippen LogP contribution in [0.4, 0.5) is 5.13 Å². The van der Waals surface area contributed by atoms with Crippen LogP contribution in [-0.4, -0.2) is 87.3 Å². The van der Waals surface area contributed by atoms with Crippen molar-refractivity contribution in [1.82, 2.24) is 18.0 Å². The van der Waals surface area contributed by atoms with E-state index in [-0.39, 0.29) is 13.1 Å². The van der Waals surface area contributed by atoms with Crippen LogP contribution in [0.15, 0.2) is 10.3 Å². The minimum absolute atomic E-state index is 0.0418. The zero-order valence-corrected chi connectivity index (χ0v) is 18.8. The summed E-state index contributed by atoms with van der Waals surface area (Å²) >= 11 is 5.14. The van der Waals surface area contributed by atoms with Gasteiger partial charge in [0.15, 0.2) is 0 Å². The van der Waals surface area contributed by atoms with E-state index in [1.54, 1.807) is 12.5 Å². The molecule has 0 bridgehead atoms. The van der Waals surface area contributed by atoms with Crippen LogP contribution in [-0.2, 0) is 19.8 Å². The molecular formula is C12H18N6O4S5. The van der Waals surface area contributed by atoms with E-state index in [9.17, 15) is 18.0 Å². The van der Waals surface area contributed by atoms with E-state index >= 15 is 0 Å². The second kappa shape index (κ2) is 9.95. The van der Waals surface area contributed by atoms with Crippen molar-refractivity contribution in [2.24, 2.45) is 5.10 Å². The summed E-state index contributed by atoms with van der Waals surface area (Å²) in [6, 6.07) is 0. The molecule has 1 aromatic heterocycles. The van der Waals surface area contributed by atoms with Gasteiger partial charge >= 0.3 is 10.2 Å². The Balaban J connectivity index is 2.34. The largest absolute Gasteiger partial charge is 0.331 e. The van der Waals surface area contributed by atoms with Crippen LogP contribution in [0.1, 0.15) is 0 Å². The molecule has 0 aliphatic carbocycles. The number of carbonyl (C=O) groups is 2. The Bertz CT molecular complexity index is 790. The number of thioether (sulfide) groups is 3. The van der Waals surface area contributed by atoms with E-state index in [1.807, 2.05) is 6.26 Å². The third kappa shape index (κ3) is 5.07. The van der Waals surface area contributed by atoms with Crippen molar-refractivity contribution in [2.45, 2.75) is 5.16 Å². The molecule has 1 fully saturated rings. The highest BCUT2D eigenvalue weighted by molar-refractivity contribution is 7.99. The highest BCUT2D eigenvalue weighted by atomic mass is 32.2. The number of carbonyl (C=O) groups excluding carboxylic acids is 2. The summed E-state index contributed by atoms with van der Waals surface area (Å²) in [4.78, 5) is 29.4. The molecule has 2 amide bonds. The minimum atomic E-state index is -4.22. The van der Waals surface area contributed by atoms with Crippen molar-refractivity contribution in [1.29, 1.82) is 0 Å². The molecule has 0 radical (unpaired) electrons. The number of nitrogens with zero attached hydrogens (tertiary/aromatic N) is 5. The summed E-state index contributed by atoms with van der Waals surface area (Å²) in [5.41, 5.74) is 2.04. The molecule has 2 heterocycles. The first-order valence-corrected chi connectivity index (χ1v) is 13.6. The highest BCUT2D eigenvalue weighted by Crippen LogP contribution is 2.21. The molecule has 1 aliphatic rings. The molecule has 150 valence electrons. The number of rotatable bonds is 9. The van der Waals surface area contributed by atoms with Crippen LogP contribution in [0.25, 0.3) is 0 Å². The summed E-state index contributed by atoms with van der Waals surface area (Å²) in [5, 5.41) is 4.67. The van der Waals surface area contributed by atoms with Crippen LogP contribution < -0.4 is 5.43 Å². The fourth-order valence-electron chi connectivity index (χ4n) is 1.98. The zero-order chi connectivity index (χ0) is 20.0. The first kappa shape index (κ1) is 22.3. The lowest BCUT2D eigenvalue weighted by molar-refractivity contribution is -0.126. The van der Waals surface area contributed by atoms with Gasteiger partial charge in [0, 0.05) is 36.1 Å². The van der Waals surface area contributed by atoms with Crippen LogP contribution in [0.5, 0.6) is 0 Å². The molecule has 0 unspecified atom stereocenters. The molecule has 0 aromatic carbocycles. The molecular weight excluding hydrogens is 453 g/mol. The smallest absolute Gasteiger partial charge is 0.266 e. The standard InChI is InChI=1S/C12H18N6O4S5/c1-23-6-4-17-9(19)8(14-15-11-13-12(25-3)16-26-11)10(20)18(5-7-24-2)27(17,21)22/h4-7H2,1-3H3,(H,13,15,16). The average Bonchev–Trinajstić information content (AvgIpc) is 3.09. The van der Waals surface area contributed by atoms with E-state index in [0.717, 1.165) is 11.5 Å². The van der Waals surface area contributed by atoms with Crippen LogP contribution in [0, 0.1) is 0 Å². The number of hydrazone groups is 1. The monoisotopic (exact) mass is 470 g/mol. The lowest BCUT2D eigenvalue weighted by atomic mass is 10.3. The summed E-state index contributed by atoms with van der Waals surface area (Å²) in [7, 11) is -4.22. The third-order valence-electron chi connectivity index (χ3n) is 3.27. The van der Waals surface area contributed by atoms with Gasteiger partial charge < -0.3 is 0 Å². The fourth-order valence-corrected chi connectivity index (χ4v) is 5.48. The first-order chi connectivity index (χ1) is 12.9. The Morgan fingerprint density at radius 3 is 2.07 bits per heavy atom. The molecule has 10 nitrogen and oxygen atoms in total. The van der Waals surface area contributed by atoms with Gasteiger partial charge in [0.25, 0.3) is 11.8 Å². The maximum absolute atomic E-state index is 12.7. The lowest BCUT2D eigenvalue weighted by Gasteiger charge is -2.34. The number of amides is 2. The lowest BCUT2D eigenvalue weighted by Crippen LogP contribution is -2.61. The number of nitrogens with one attached hydrogen (secondary N) is 1. The van der Waals surface area contributed by atoms with Gasteiger partial charge in [-0.3, -0.25) is 15.0 Å². The van der Waals surface area contributed by atoms with Gasteiger partial charge in [0.2, 0.25) is 16.0 Å². The van der Waals surface area contributed by atoms with E-state index in [4.69, 9.17) is 0 Å². The molecule has 0 saturated carbocycles. The second-order valence-electron chi connectivity index (χ2n) is 4.91. The number of aromatic nitrogens is 2. The van der Waals surface area contributed by atoms with Gasteiger partial charge in [-0.1, -0.05) is 11.8 Å². The van der Waals surface area contributed by atoms with Crippen LogP contribution in [0.3, 0.4) is 0 Å². The quantitative estimate of drug-likeness (QED) is 0.406. The molecule has 1 aliphatic heterocycles. The van der Waals surface area contributed by atoms with Crippen molar-refractivity contribution in [3.8, 4) is 0 Å². The highest BCUT2D eigenvalue weighted by Gasteiger charge is 2.47. The van der Waals surface area contributed by atoms with Gasteiger partial charge in [0.05, 0.1) is 0 Å². The Morgan fingerprint density at radius 1 is 1.07 bits per heavy atom. The van der Waals surface area contributed by atoms with Crippen LogP contribution in [0.2, 0.25) is 0 Å². The SMILES string of the molecule is CSCCN1C(=O)C(=NNc2nc(SC)ns2)C(=O)N(CCSC)S1(=O)=O. The van der Waals surface area contributed by atoms with E-state index in [1.165, 1.54) is 35.3 Å². The van der Waals surface area contributed by atoms with E-state index < -0.39 is 27.7 Å². The molecule has 2 rings (SSSR count). The van der Waals surface area contributed by atoms with Crippen molar-refractivity contribution < 1.29 is 18.0 Å². The molecule has 27 heavy (non-hydrogen) atoms. The van der Waals surface area contributed by atoms with Gasteiger partial charge in [-0.15, -0.1) is 0 Å². The Hall–Kier alpha value is -1.03. The predicted molar refractivity (Wildman–Crippen MR) is 112 cm³/mol. The summed E-state index contributed by atoms with van der Waals surface area (Å²) in [6.45, 7) is -0.0837. The fraction of sp³-hybridized carbons (Fsp3) is 0.583. The molecule has 1 aromatic rings. The Kier molecular flexibility index (Phi) is 8.20. The predicted octanol–water partition coefficient (Wildman–Crippen LogP) is 0.669. The molecule has 0 atom stereocenters. The average molecular weight is 471 g/mol. The van der Waals surface area contributed by atoms with Gasteiger partial charge in [0.1, 0.15) is 0 Å². The Labute approximate surface area is 174 Å². The summed E-state index contributed by atoms with van der Waals surface area (Å²) in [5.74, 6) is -1.08. The first-order valence-electron chi connectivity index (χ1n) is 7.45. The van der Waals surface area contributed by atoms with Crippen molar-refractivity contribution in [3.63, 3.8) is 0 Å². The zero-order valence-electron chi connectivity index (χ0n) is 14.7. The number of anilines is 1. The molecule has 1 N–H and O–H groups in total. The second-order valence-corrected chi connectivity index (χ2v) is 10.2. The molecule has 1 saturated heterocycles. The van der Waals surface area contributed by atoms with Crippen LogP contribution >= 0.6 is 46.8 Å². The maximum Gasteiger partial charge on any atom is 0.331 e. The van der Waals surface area contributed by atoms with Crippen molar-refractivity contribution in [3.05, 3.63) is 0 Å². The normalized spacial score (nSPS) is 16.8. The Morgan fingerprint density at radius 2 is 1.63 bits per heavy atom. The third-order valence-corrected chi connectivity index (χ3v) is 7.54. The van der Waals surface area contributed by atoms with Gasteiger partial charge in [-0.25, -0.2) is 8.61 Å². The van der Waals surface area contributed by atoms with E-state index in [2.05, 4.69) is 19.9 Å².